The van der Waals surface area contributed by atoms with Crippen LogP contribution in [0.3, 0.4) is 0 Å². The SMILES string of the molecule is CCC(C)C(N)C(=O)NC(CC(=O)O)C(=O)NC(CO)C(=O)NC(CCC(N)=O)C(=O)O. The Hall–Kier alpha value is -3.26. The monoisotopic (exact) mass is 461 g/mol. The Morgan fingerprint density at radius 2 is 1.38 bits per heavy atom. The number of amides is 4. The fourth-order valence-electron chi connectivity index (χ4n) is 2.45. The Balaban J connectivity index is 5.29. The fraction of sp³-hybridized carbons (Fsp3) is 0.667. The van der Waals surface area contributed by atoms with Gasteiger partial charge in [-0.2, -0.15) is 0 Å². The van der Waals surface area contributed by atoms with E-state index in [4.69, 9.17) is 21.7 Å². The first-order valence-corrected chi connectivity index (χ1v) is 9.84. The van der Waals surface area contributed by atoms with Gasteiger partial charge in [0.2, 0.25) is 23.6 Å². The van der Waals surface area contributed by atoms with Crippen LogP contribution in [0.5, 0.6) is 0 Å². The van der Waals surface area contributed by atoms with Crippen LogP contribution in [0.25, 0.3) is 0 Å². The van der Waals surface area contributed by atoms with Crippen LogP contribution in [-0.4, -0.2) is 81.7 Å². The highest BCUT2D eigenvalue weighted by Crippen LogP contribution is 2.06. The molecule has 5 atom stereocenters. The van der Waals surface area contributed by atoms with Crippen molar-refractivity contribution < 1.29 is 44.1 Å². The summed E-state index contributed by atoms with van der Waals surface area (Å²) in [6, 6.07) is -5.80. The molecule has 0 radical (unpaired) electrons. The lowest BCUT2D eigenvalue weighted by Gasteiger charge is -2.24. The zero-order valence-electron chi connectivity index (χ0n) is 17.9. The van der Waals surface area contributed by atoms with Gasteiger partial charge in [0.05, 0.1) is 19.1 Å². The van der Waals surface area contributed by atoms with Crippen molar-refractivity contribution in [3.63, 3.8) is 0 Å². The van der Waals surface area contributed by atoms with Gasteiger partial charge in [-0.3, -0.25) is 24.0 Å². The Morgan fingerprint density at radius 3 is 1.81 bits per heavy atom. The minimum atomic E-state index is -1.66. The maximum Gasteiger partial charge on any atom is 0.326 e. The van der Waals surface area contributed by atoms with Gasteiger partial charge in [-0.15, -0.1) is 0 Å². The van der Waals surface area contributed by atoms with Gasteiger partial charge in [-0.05, 0) is 12.3 Å². The number of rotatable bonds is 15. The first kappa shape index (κ1) is 28.7. The molecule has 0 heterocycles. The summed E-state index contributed by atoms with van der Waals surface area (Å²) in [6.45, 7) is 2.52. The highest BCUT2D eigenvalue weighted by Gasteiger charge is 2.31. The zero-order valence-corrected chi connectivity index (χ0v) is 17.9. The molecule has 0 saturated heterocycles. The van der Waals surface area contributed by atoms with Gasteiger partial charge in [-0.1, -0.05) is 20.3 Å². The Labute approximate surface area is 184 Å². The molecule has 0 aromatic rings. The lowest BCUT2D eigenvalue weighted by atomic mass is 9.99. The van der Waals surface area contributed by atoms with E-state index in [1.54, 1.807) is 13.8 Å². The number of nitrogens with two attached hydrogens (primary N) is 2. The molecule has 0 aliphatic heterocycles. The molecule has 14 heteroatoms. The number of aliphatic hydroxyl groups excluding tert-OH is 1. The van der Waals surface area contributed by atoms with E-state index < -0.39 is 72.8 Å². The molecule has 0 fully saturated rings. The van der Waals surface area contributed by atoms with E-state index in [0.717, 1.165) is 0 Å². The molecule has 0 rings (SSSR count). The number of carboxylic acid groups (broad SMARTS) is 2. The van der Waals surface area contributed by atoms with Crippen LogP contribution in [0.1, 0.15) is 39.5 Å². The fourth-order valence-corrected chi connectivity index (χ4v) is 2.45. The van der Waals surface area contributed by atoms with E-state index in [-0.39, 0.29) is 18.8 Å². The van der Waals surface area contributed by atoms with E-state index in [0.29, 0.717) is 6.42 Å². The van der Waals surface area contributed by atoms with Crippen LogP contribution in [0.15, 0.2) is 0 Å². The number of aliphatic hydroxyl groups is 1. The van der Waals surface area contributed by atoms with Crippen molar-refractivity contribution in [2.75, 3.05) is 6.61 Å². The second kappa shape index (κ2) is 13.9. The molecule has 4 amide bonds. The predicted molar refractivity (Wildman–Crippen MR) is 109 cm³/mol. The second-order valence-corrected chi connectivity index (χ2v) is 7.22. The number of hydrogen-bond acceptors (Lipinski definition) is 8. The van der Waals surface area contributed by atoms with Gasteiger partial charge in [0.25, 0.3) is 0 Å². The molecular weight excluding hydrogens is 430 g/mol. The van der Waals surface area contributed by atoms with Crippen LogP contribution in [0, 0.1) is 5.92 Å². The van der Waals surface area contributed by atoms with E-state index in [2.05, 4.69) is 10.6 Å². The Bertz CT molecular complexity index is 715. The largest absolute Gasteiger partial charge is 0.481 e. The number of primary amides is 1. The first-order valence-electron chi connectivity index (χ1n) is 9.84. The number of carbonyl (C=O) groups is 6. The summed E-state index contributed by atoms with van der Waals surface area (Å²) in [4.78, 5) is 70.2. The highest BCUT2D eigenvalue weighted by atomic mass is 16.4. The topological polar surface area (TPSA) is 251 Å². The van der Waals surface area contributed by atoms with Gasteiger partial charge >= 0.3 is 11.9 Å². The third kappa shape index (κ3) is 10.2. The minimum absolute atomic E-state index is 0.257. The zero-order chi connectivity index (χ0) is 25.0. The Kier molecular flexibility index (Phi) is 12.5. The van der Waals surface area contributed by atoms with Crippen LogP contribution < -0.4 is 27.4 Å². The highest BCUT2D eigenvalue weighted by molar-refractivity contribution is 5.95. The number of carboxylic acids is 2. The smallest absolute Gasteiger partial charge is 0.326 e. The minimum Gasteiger partial charge on any atom is -0.481 e. The molecule has 32 heavy (non-hydrogen) atoms. The molecule has 0 saturated carbocycles. The molecule has 0 bridgehead atoms. The molecular formula is C18H31N5O9. The van der Waals surface area contributed by atoms with Gasteiger partial charge in [0.15, 0.2) is 0 Å². The molecule has 14 nitrogen and oxygen atoms in total. The normalized spacial score (nSPS) is 15.4. The van der Waals surface area contributed by atoms with Crippen molar-refractivity contribution in [2.45, 2.75) is 63.7 Å². The van der Waals surface area contributed by atoms with Crippen molar-refractivity contribution in [1.29, 1.82) is 0 Å². The molecule has 0 spiro atoms. The summed E-state index contributed by atoms with van der Waals surface area (Å²) < 4.78 is 0. The Morgan fingerprint density at radius 1 is 0.875 bits per heavy atom. The van der Waals surface area contributed by atoms with Crippen LogP contribution in [0.4, 0.5) is 0 Å². The van der Waals surface area contributed by atoms with Crippen molar-refractivity contribution in [3.05, 3.63) is 0 Å². The van der Waals surface area contributed by atoms with Crippen molar-refractivity contribution in [3.8, 4) is 0 Å². The summed E-state index contributed by atoms with van der Waals surface area (Å²) in [7, 11) is 0. The molecule has 0 aliphatic carbocycles. The predicted octanol–water partition coefficient (Wildman–Crippen LogP) is -3.37. The van der Waals surface area contributed by atoms with Crippen LogP contribution in [-0.2, 0) is 28.8 Å². The summed E-state index contributed by atoms with van der Waals surface area (Å²) >= 11 is 0. The number of hydrogen-bond donors (Lipinski definition) is 8. The third-order valence-corrected chi connectivity index (χ3v) is 4.68. The number of carbonyl (C=O) groups excluding carboxylic acids is 4. The number of aliphatic carboxylic acids is 2. The third-order valence-electron chi connectivity index (χ3n) is 4.68. The second-order valence-electron chi connectivity index (χ2n) is 7.22. The summed E-state index contributed by atoms with van der Waals surface area (Å²) in [5, 5.41) is 33.9. The maximum absolute atomic E-state index is 12.5. The van der Waals surface area contributed by atoms with E-state index in [9.17, 15) is 33.9 Å². The summed E-state index contributed by atoms with van der Waals surface area (Å²) in [6.07, 6.45) is -0.942. The van der Waals surface area contributed by atoms with E-state index in [1.807, 2.05) is 5.32 Å². The van der Waals surface area contributed by atoms with Gasteiger partial charge in [0, 0.05) is 6.42 Å². The van der Waals surface area contributed by atoms with Crippen molar-refractivity contribution >= 4 is 35.6 Å². The average Bonchev–Trinajstić information content (AvgIpc) is 2.71. The number of nitrogens with one attached hydrogen (secondary N) is 3. The first-order chi connectivity index (χ1) is 14.8. The van der Waals surface area contributed by atoms with Gasteiger partial charge in [-0.25, -0.2) is 4.79 Å². The summed E-state index contributed by atoms with van der Waals surface area (Å²) in [5.41, 5.74) is 10.7. The van der Waals surface area contributed by atoms with Gasteiger partial charge in [0.1, 0.15) is 18.1 Å². The average molecular weight is 461 g/mol. The molecule has 5 unspecified atom stereocenters. The molecule has 182 valence electrons. The molecule has 0 aromatic carbocycles. The van der Waals surface area contributed by atoms with E-state index in [1.165, 1.54) is 0 Å². The molecule has 0 aliphatic rings. The van der Waals surface area contributed by atoms with Crippen molar-refractivity contribution in [2.24, 2.45) is 17.4 Å². The van der Waals surface area contributed by atoms with E-state index >= 15 is 0 Å². The van der Waals surface area contributed by atoms with Crippen molar-refractivity contribution in [1.82, 2.24) is 16.0 Å². The van der Waals surface area contributed by atoms with Gasteiger partial charge < -0.3 is 42.7 Å². The lowest BCUT2D eigenvalue weighted by Crippen LogP contribution is -2.58. The molecule has 10 N–H and O–H groups in total. The molecule has 0 aromatic heterocycles. The maximum atomic E-state index is 12.5. The van der Waals surface area contributed by atoms with Crippen LogP contribution in [0.2, 0.25) is 0 Å². The summed E-state index contributed by atoms with van der Waals surface area (Å²) in [5.74, 6) is -6.93. The van der Waals surface area contributed by atoms with Crippen LogP contribution >= 0.6 is 0 Å². The lowest BCUT2D eigenvalue weighted by molar-refractivity contribution is -0.143. The quantitative estimate of drug-likeness (QED) is 0.120. The standard InChI is InChI=1S/C18H31N5O9/c1-3-8(2)14(20)17(30)22-10(6-13(26)27)15(28)23-11(7-24)16(29)21-9(18(31)32)4-5-12(19)25/h8-11,14,24H,3-7,20H2,1-2H3,(H2,19,25)(H,21,29)(H,22,30)(H,23,28)(H,26,27)(H,31,32).